The molecule has 2 aromatic heterocycles. The number of carbonyl (C=O) groups excluding carboxylic acids is 1. The average Bonchev–Trinajstić information content (AvgIpc) is 3.32. The summed E-state index contributed by atoms with van der Waals surface area (Å²) in [5.74, 6) is 0.863. The maximum Gasteiger partial charge on any atom is 0.258 e. The molecule has 1 saturated heterocycles. The molecule has 7 nitrogen and oxygen atoms in total. The molecule has 2 aromatic rings. The van der Waals surface area contributed by atoms with Crippen LogP contribution in [0.15, 0.2) is 35.6 Å². The number of pyridine rings is 1. The van der Waals surface area contributed by atoms with Crippen LogP contribution in [0.5, 0.6) is 0 Å². The highest BCUT2D eigenvalue weighted by atomic mass is 32.2. The number of nitrogens with zero attached hydrogens (tertiary/aromatic N) is 2. The van der Waals surface area contributed by atoms with Crippen LogP contribution in [0.25, 0.3) is 11.0 Å². The van der Waals surface area contributed by atoms with Gasteiger partial charge in [0.25, 0.3) is 5.91 Å². The molecule has 25 heavy (non-hydrogen) atoms. The molecule has 8 heteroatoms. The molecule has 1 amide bonds. The Kier molecular flexibility index (Phi) is 5.95. The summed E-state index contributed by atoms with van der Waals surface area (Å²) >= 11 is 1.59. The number of hydrogen-bond donors (Lipinski definition) is 4. The van der Waals surface area contributed by atoms with Gasteiger partial charge in [-0.15, -0.1) is 11.8 Å². The number of anilines is 1. The van der Waals surface area contributed by atoms with Crippen LogP contribution < -0.4 is 15.5 Å². The van der Waals surface area contributed by atoms with Gasteiger partial charge in [-0.05, 0) is 25.1 Å². The quantitative estimate of drug-likeness (QED) is 0.639. The molecule has 1 unspecified atom stereocenters. The summed E-state index contributed by atoms with van der Waals surface area (Å²) in [7, 11) is 1.65. The molecule has 1 fully saturated rings. The van der Waals surface area contributed by atoms with Crippen LogP contribution in [0.3, 0.4) is 0 Å². The summed E-state index contributed by atoms with van der Waals surface area (Å²) < 4.78 is 0. The summed E-state index contributed by atoms with van der Waals surface area (Å²) in [6.45, 7) is 2.66. The van der Waals surface area contributed by atoms with Crippen molar-refractivity contribution in [1.29, 1.82) is 0 Å². The minimum absolute atomic E-state index is 0.0333. The van der Waals surface area contributed by atoms with Crippen molar-refractivity contribution in [2.24, 2.45) is 0 Å². The van der Waals surface area contributed by atoms with Crippen LogP contribution in [0.1, 0.15) is 6.42 Å². The lowest BCUT2D eigenvalue weighted by molar-refractivity contribution is -0.116. The van der Waals surface area contributed by atoms with Crippen LogP contribution in [0, 0.1) is 0 Å². The topological polar surface area (TPSA) is 93.3 Å². The number of nitrogens with one attached hydrogen (secondary N) is 3. The van der Waals surface area contributed by atoms with Gasteiger partial charge in [0, 0.05) is 49.9 Å². The maximum atomic E-state index is 11.7. The van der Waals surface area contributed by atoms with Crippen LogP contribution in [0.2, 0.25) is 0 Å². The molecule has 2 aliphatic heterocycles. The lowest BCUT2D eigenvalue weighted by Crippen LogP contribution is -2.28. The molecule has 0 aliphatic carbocycles. The Morgan fingerprint density at radius 3 is 3.04 bits per heavy atom. The Hall–Kier alpha value is -2.03. The third-order valence-corrected chi connectivity index (χ3v) is 5.08. The Morgan fingerprint density at radius 1 is 1.48 bits per heavy atom. The van der Waals surface area contributed by atoms with Crippen molar-refractivity contribution in [3.8, 4) is 0 Å². The Balaban J connectivity index is 0.000000258. The van der Waals surface area contributed by atoms with Crippen molar-refractivity contribution in [2.75, 3.05) is 37.3 Å². The smallest absolute Gasteiger partial charge is 0.258 e. The van der Waals surface area contributed by atoms with E-state index in [1.54, 1.807) is 25.0 Å². The molecular formula is C17H23N5O2S. The van der Waals surface area contributed by atoms with E-state index >= 15 is 0 Å². The predicted octanol–water partition coefficient (Wildman–Crippen LogP) is 1.04. The number of β-amino-alcohol motifs (C(OH)–C–C–N with tert-alkyl or cyclic N) is 1. The second-order valence-corrected chi connectivity index (χ2v) is 6.97. The van der Waals surface area contributed by atoms with Crippen molar-refractivity contribution in [3.05, 3.63) is 35.6 Å². The van der Waals surface area contributed by atoms with E-state index in [-0.39, 0.29) is 12.0 Å². The molecular weight excluding hydrogens is 338 g/mol. The normalized spacial score (nSPS) is 20.0. The first-order valence-electron chi connectivity index (χ1n) is 8.33. The zero-order chi connectivity index (χ0) is 17.6. The zero-order valence-corrected chi connectivity index (χ0v) is 15.0. The minimum atomic E-state index is -0.0648. The number of carbonyl (C=O) groups is 1. The van der Waals surface area contributed by atoms with Gasteiger partial charge in [0.05, 0.1) is 16.7 Å². The number of rotatable bonds is 2. The van der Waals surface area contributed by atoms with E-state index in [0.29, 0.717) is 0 Å². The number of fused-ring (bicyclic) bond motifs is 1. The highest BCUT2D eigenvalue weighted by Crippen LogP contribution is 2.30. The number of aliphatic hydroxyl groups excluding tert-OH is 1. The minimum Gasteiger partial charge on any atom is -0.392 e. The third kappa shape index (κ3) is 4.33. The first-order chi connectivity index (χ1) is 12.2. The maximum absolute atomic E-state index is 11.7. The lowest BCUT2D eigenvalue weighted by atomic mass is 10.2. The van der Waals surface area contributed by atoms with E-state index < -0.39 is 0 Å². The fourth-order valence-electron chi connectivity index (χ4n) is 2.77. The van der Waals surface area contributed by atoms with E-state index in [1.165, 1.54) is 0 Å². The largest absolute Gasteiger partial charge is 0.392 e. The van der Waals surface area contributed by atoms with Gasteiger partial charge < -0.3 is 25.6 Å². The highest BCUT2D eigenvalue weighted by molar-refractivity contribution is 8.04. The second kappa shape index (κ2) is 8.37. The summed E-state index contributed by atoms with van der Waals surface area (Å²) in [5, 5.41) is 15.4. The SMILES string of the molecule is CNC(=O)C1=CN(c2ccnc3[nH]ccc23)CCS1.OC1CCNC1. The molecule has 4 N–H and O–H groups in total. The van der Waals surface area contributed by atoms with Crippen molar-refractivity contribution in [2.45, 2.75) is 12.5 Å². The standard InChI is InChI=1S/C13H14N4OS.C4H9NO/c1-14-13(18)11-8-17(6-7-19-11)10-3-5-16-12-9(10)2-4-15-12;6-4-1-2-5-3-4/h2-5,8H,6-7H2,1H3,(H,14,18)(H,15,16);4-6H,1-3H2. The van der Waals surface area contributed by atoms with Gasteiger partial charge in [-0.3, -0.25) is 4.79 Å². The number of aromatic nitrogens is 2. The summed E-state index contributed by atoms with van der Waals surface area (Å²) in [4.78, 5) is 21.9. The summed E-state index contributed by atoms with van der Waals surface area (Å²) in [6.07, 6.45) is 6.44. The number of hydrogen-bond acceptors (Lipinski definition) is 6. The number of likely N-dealkylation sites (N-methyl/N-ethyl adjacent to an activating group) is 1. The molecule has 0 aromatic carbocycles. The third-order valence-electron chi connectivity index (χ3n) is 4.09. The van der Waals surface area contributed by atoms with Gasteiger partial charge >= 0.3 is 0 Å². The van der Waals surface area contributed by atoms with E-state index in [4.69, 9.17) is 5.11 Å². The van der Waals surface area contributed by atoms with Crippen LogP contribution in [-0.2, 0) is 4.79 Å². The van der Waals surface area contributed by atoms with Crippen LogP contribution in [0.4, 0.5) is 5.69 Å². The Labute approximate surface area is 150 Å². The fraction of sp³-hybridized carbons (Fsp3) is 0.412. The monoisotopic (exact) mass is 361 g/mol. The molecule has 4 heterocycles. The van der Waals surface area contributed by atoms with Gasteiger partial charge in [0.1, 0.15) is 5.65 Å². The molecule has 2 aliphatic rings. The second-order valence-electron chi connectivity index (χ2n) is 5.83. The van der Waals surface area contributed by atoms with Crippen molar-refractivity contribution in [3.63, 3.8) is 0 Å². The Morgan fingerprint density at radius 2 is 2.36 bits per heavy atom. The van der Waals surface area contributed by atoms with E-state index in [0.717, 1.165) is 53.4 Å². The predicted molar refractivity (Wildman–Crippen MR) is 102 cm³/mol. The first kappa shape index (κ1) is 17.8. The summed E-state index contributed by atoms with van der Waals surface area (Å²) in [6, 6.07) is 3.98. The number of thioether (sulfide) groups is 1. The molecule has 0 radical (unpaired) electrons. The van der Waals surface area contributed by atoms with Gasteiger partial charge in [0.2, 0.25) is 0 Å². The van der Waals surface area contributed by atoms with Crippen LogP contribution >= 0.6 is 11.8 Å². The molecule has 0 bridgehead atoms. The molecule has 0 saturated carbocycles. The van der Waals surface area contributed by atoms with Gasteiger partial charge in [-0.25, -0.2) is 4.98 Å². The van der Waals surface area contributed by atoms with Crippen molar-refractivity contribution in [1.82, 2.24) is 20.6 Å². The molecule has 4 rings (SSSR count). The average molecular weight is 361 g/mol. The fourth-order valence-corrected chi connectivity index (χ4v) is 3.71. The van der Waals surface area contributed by atoms with Crippen molar-refractivity contribution >= 4 is 34.4 Å². The first-order valence-corrected chi connectivity index (χ1v) is 9.32. The Bertz CT molecular complexity index is 754. The molecule has 134 valence electrons. The summed E-state index contributed by atoms with van der Waals surface area (Å²) in [5.41, 5.74) is 1.94. The van der Waals surface area contributed by atoms with E-state index in [1.807, 2.05) is 24.5 Å². The molecule has 1 atom stereocenters. The highest BCUT2D eigenvalue weighted by Gasteiger charge is 2.18. The van der Waals surface area contributed by atoms with Crippen molar-refractivity contribution < 1.29 is 9.90 Å². The number of aromatic amines is 1. The van der Waals surface area contributed by atoms with Gasteiger partial charge in [0.15, 0.2) is 0 Å². The lowest BCUT2D eigenvalue weighted by Gasteiger charge is -2.26. The van der Waals surface area contributed by atoms with Gasteiger partial charge in [-0.1, -0.05) is 0 Å². The zero-order valence-electron chi connectivity index (χ0n) is 14.2. The number of H-pyrrole nitrogens is 1. The number of amides is 1. The van der Waals surface area contributed by atoms with Gasteiger partial charge in [-0.2, -0.15) is 0 Å². The van der Waals surface area contributed by atoms with E-state index in [9.17, 15) is 4.79 Å². The number of aliphatic hydroxyl groups is 1. The van der Waals surface area contributed by atoms with E-state index in [2.05, 4.69) is 25.5 Å². The van der Waals surface area contributed by atoms with Crippen LogP contribution in [-0.4, -0.2) is 59.5 Å². The molecule has 0 spiro atoms.